The van der Waals surface area contributed by atoms with Crippen molar-refractivity contribution in [3.05, 3.63) is 71.9 Å². The van der Waals surface area contributed by atoms with Gasteiger partial charge < -0.3 is 4.74 Å². The number of rotatable bonds is 8. The highest BCUT2D eigenvalue weighted by molar-refractivity contribution is 7.88. The lowest BCUT2D eigenvalue weighted by Crippen LogP contribution is -2.52. The van der Waals surface area contributed by atoms with Crippen LogP contribution < -0.4 is 4.72 Å². The molecule has 0 radical (unpaired) electrons. The number of allylic oxidation sites excluding steroid dienone is 1. The molecule has 3 atom stereocenters. The third-order valence-electron chi connectivity index (χ3n) is 7.46. The van der Waals surface area contributed by atoms with Gasteiger partial charge in [-0.2, -0.15) is 5.10 Å². The Balaban J connectivity index is 1.20. The highest BCUT2D eigenvalue weighted by Gasteiger charge is 2.32. The molecular formula is C28H36N4O3S. The number of hydrogen-bond donors (Lipinski definition) is 1. The molecule has 3 aromatic rings. The molecule has 1 saturated heterocycles. The predicted molar refractivity (Wildman–Crippen MR) is 144 cm³/mol. The maximum atomic E-state index is 12.0. The van der Waals surface area contributed by atoms with E-state index < -0.39 is 10.0 Å². The number of benzene rings is 2. The van der Waals surface area contributed by atoms with Crippen LogP contribution in [0.2, 0.25) is 0 Å². The number of sulfonamides is 1. The Morgan fingerprint density at radius 2 is 1.97 bits per heavy atom. The third kappa shape index (κ3) is 6.24. The molecule has 1 aliphatic heterocycles. The van der Waals surface area contributed by atoms with Crippen molar-refractivity contribution >= 4 is 26.5 Å². The zero-order valence-electron chi connectivity index (χ0n) is 21.1. The SMILES string of the molecule is Cn1ncc2cc(C3=CCC(OC[C@@H]4CN(Cc5ccccc5)CC[C@@H]4NS(C)(=O)=O)CC3)ccc21. The largest absolute Gasteiger partial charge is 0.377 e. The van der Waals surface area contributed by atoms with Crippen LogP contribution in [0, 0.1) is 5.92 Å². The van der Waals surface area contributed by atoms with E-state index in [-0.39, 0.29) is 18.1 Å². The van der Waals surface area contributed by atoms with Gasteiger partial charge in [0.2, 0.25) is 10.0 Å². The summed E-state index contributed by atoms with van der Waals surface area (Å²) in [6.07, 6.45) is 9.26. The number of fused-ring (bicyclic) bond motifs is 1. The van der Waals surface area contributed by atoms with E-state index in [9.17, 15) is 8.42 Å². The number of likely N-dealkylation sites (tertiary alicyclic amines) is 1. The fourth-order valence-electron chi connectivity index (χ4n) is 5.54. The van der Waals surface area contributed by atoms with Gasteiger partial charge in [0, 0.05) is 44.0 Å². The van der Waals surface area contributed by atoms with Crippen molar-refractivity contribution in [2.75, 3.05) is 26.0 Å². The molecule has 1 N–H and O–H groups in total. The molecular weight excluding hydrogens is 472 g/mol. The first-order valence-electron chi connectivity index (χ1n) is 12.8. The van der Waals surface area contributed by atoms with Crippen LogP contribution in [-0.2, 0) is 28.4 Å². The van der Waals surface area contributed by atoms with Gasteiger partial charge in [0.25, 0.3) is 0 Å². The molecule has 36 heavy (non-hydrogen) atoms. The summed E-state index contributed by atoms with van der Waals surface area (Å²) >= 11 is 0. The Morgan fingerprint density at radius 3 is 2.72 bits per heavy atom. The number of nitrogens with one attached hydrogen (secondary N) is 1. The molecule has 2 heterocycles. The standard InChI is InChI=1S/C28H36N4O3S/c1-31-28-13-10-23(16-24(28)17-29-31)22-8-11-26(12-9-22)35-20-25-19-32(18-21-6-4-3-5-7-21)15-14-27(25)30-36(2,33)34/h3-8,10,13,16-17,25-27,30H,9,11-12,14-15,18-20H2,1-2H3/t25-,26?,27-/m0/s1. The smallest absolute Gasteiger partial charge is 0.208 e. The van der Waals surface area contributed by atoms with E-state index in [1.54, 1.807) is 0 Å². The van der Waals surface area contributed by atoms with E-state index in [1.807, 2.05) is 24.0 Å². The molecule has 1 aromatic heterocycles. The first-order chi connectivity index (χ1) is 17.3. The van der Waals surface area contributed by atoms with Crippen LogP contribution in [0.5, 0.6) is 0 Å². The van der Waals surface area contributed by atoms with E-state index in [0.29, 0.717) is 6.61 Å². The minimum absolute atomic E-state index is 0.0899. The Labute approximate surface area is 214 Å². The first-order valence-corrected chi connectivity index (χ1v) is 14.7. The summed E-state index contributed by atoms with van der Waals surface area (Å²) in [4.78, 5) is 2.41. The summed E-state index contributed by atoms with van der Waals surface area (Å²) in [6.45, 7) is 3.13. The van der Waals surface area contributed by atoms with Crippen molar-refractivity contribution in [2.24, 2.45) is 13.0 Å². The molecule has 1 fully saturated rings. The van der Waals surface area contributed by atoms with Crippen LogP contribution in [0.25, 0.3) is 16.5 Å². The monoisotopic (exact) mass is 508 g/mol. The second-order valence-electron chi connectivity index (χ2n) is 10.3. The van der Waals surface area contributed by atoms with Gasteiger partial charge in [-0.1, -0.05) is 42.5 Å². The van der Waals surface area contributed by atoms with E-state index in [4.69, 9.17) is 4.74 Å². The third-order valence-corrected chi connectivity index (χ3v) is 8.19. The summed E-state index contributed by atoms with van der Waals surface area (Å²) in [5, 5.41) is 5.51. The molecule has 2 aliphatic rings. The Morgan fingerprint density at radius 1 is 1.14 bits per heavy atom. The van der Waals surface area contributed by atoms with Crippen LogP contribution >= 0.6 is 0 Å². The van der Waals surface area contributed by atoms with Gasteiger partial charge in [0.15, 0.2) is 0 Å². The van der Waals surface area contributed by atoms with Gasteiger partial charge in [-0.05, 0) is 54.5 Å². The molecule has 7 nitrogen and oxygen atoms in total. The first kappa shape index (κ1) is 25.1. The maximum absolute atomic E-state index is 12.0. The summed E-state index contributed by atoms with van der Waals surface area (Å²) in [6, 6.07) is 16.9. The zero-order valence-corrected chi connectivity index (χ0v) is 22.0. The normalized spacial score (nSPS) is 23.6. The van der Waals surface area contributed by atoms with Gasteiger partial charge >= 0.3 is 0 Å². The number of piperidine rings is 1. The van der Waals surface area contributed by atoms with Gasteiger partial charge in [0.1, 0.15) is 0 Å². The van der Waals surface area contributed by atoms with E-state index in [2.05, 4.69) is 63.3 Å². The van der Waals surface area contributed by atoms with Gasteiger partial charge in [0.05, 0.1) is 30.7 Å². The molecule has 0 spiro atoms. The van der Waals surface area contributed by atoms with Crippen LogP contribution in [0.4, 0.5) is 0 Å². The summed E-state index contributed by atoms with van der Waals surface area (Å²) < 4.78 is 35.2. The molecule has 8 heteroatoms. The van der Waals surface area contributed by atoms with Crippen molar-refractivity contribution in [1.82, 2.24) is 19.4 Å². The van der Waals surface area contributed by atoms with Gasteiger partial charge in [-0.15, -0.1) is 0 Å². The van der Waals surface area contributed by atoms with Crippen LogP contribution in [0.1, 0.15) is 36.8 Å². The topological polar surface area (TPSA) is 76.5 Å². The lowest BCUT2D eigenvalue weighted by molar-refractivity contribution is -0.00338. The summed E-state index contributed by atoms with van der Waals surface area (Å²) in [5.41, 5.74) is 5.04. The molecule has 0 saturated carbocycles. The molecule has 0 amide bonds. The predicted octanol–water partition coefficient (Wildman–Crippen LogP) is 3.97. The molecule has 1 aliphatic carbocycles. The quantitative estimate of drug-likeness (QED) is 0.498. The number of hydrogen-bond acceptors (Lipinski definition) is 5. The van der Waals surface area contributed by atoms with Crippen molar-refractivity contribution in [1.29, 1.82) is 0 Å². The second-order valence-corrected chi connectivity index (χ2v) is 12.0. The summed E-state index contributed by atoms with van der Waals surface area (Å²) in [5.74, 6) is 0.121. The van der Waals surface area contributed by atoms with Crippen LogP contribution in [0.3, 0.4) is 0 Å². The van der Waals surface area contributed by atoms with Gasteiger partial charge in [-0.25, -0.2) is 13.1 Å². The zero-order chi connectivity index (χ0) is 25.1. The Kier molecular flexibility index (Phi) is 7.57. The van der Waals surface area contributed by atoms with Crippen molar-refractivity contribution in [3.63, 3.8) is 0 Å². The van der Waals surface area contributed by atoms with E-state index >= 15 is 0 Å². The van der Waals surface area contributed by atoms with Crippen molar-refractivity contribution in [3.8, 4) is 0 Å². The second kappa shape index (κ2) is 10.8. The number of nitrogens with zero attached hydrogens (tertiary/aromatic N) is 3. The number of aryl methyl sites for hydroxylation is 1. The molecule has 2 aromatic carbocycles. The highest BCUT2D eigenvalue weighted by atomic mass is 32.2. The van der Waals surface area contributed by atoms with Gasteiger partial charge in [-0.3, -0.25) is 9.58 Å². The van der Waals surface area contributed by atoms with Crippen molar-refractivity contribution < 1.29 is 13.2 Å². The fourth-order valence-corrected chi connectivity index (χ4v) is 6.40. The molecule has 1 unspecified atom stereocenters. The highest BCUT2D eigenvalue weighted by Crippen LogP contribution is 2.31. The minimum atomic E-state index is -3.27. The lowest BCUT2D eigenvalue weighted by Gasteiger charge is -2.39. The van der Waals surface area contributed by atoms with E-state index in [1.165, 1.54) is 23.0 Å². The minimum Gasteiger partial charge on any atom is -0.377 e. The Hall–Kier alpha value is -2.52. The average Bonchev–Trinajstić information content (AvgIpc) is 3.24. The summed E-state index contributed by atoms with van der Waals surface area (Å²) in [7, 11) is -1.30. The van der Waals surface area contributed by atoms with E-state index in [0.717, 1.165) is 56.2 Å². The van der Waals surface area contributed by atoms with Crippen molar-refractivity contribution in [2.45, 2.75) is 44.4 Å². The molecule has 192 valence electrons. The number of aromatic nitrogens is 2. The molecule has 5 rings (SSSR count). The van der Waals surface area contributed by atoms with Crippen LogP contribution in [0.15, 0.2) is 60.8 Å². The average molecular weight is 509 g/mol. The molecule has 0 bridgehead atoms. The Bertz CT molecular complexity index is 1320. The fraction of sp³-hybridized carbons (Fsp3) is 0.464. The van der Waals surface area contributed by atoms with Crippen LogP contribution in [-0.4, -0.2) is 61.2 Å². The number of ether oxygens (including phenoxy) is 1. The maximum Gasteiger partial charge on any atom is 0.208 e. The lowest BCUT2D eigenvalue weighted by atomic mass is 9.90.